The van der Waals surface area contributed by atoms with Crippen molar-refractivity contribution in [3.8, 4) is 0 Å². The van der Waals surface area contributed by atoms with Gasteiger partial charge in [0.25, 0.3) is 5.56 Å². The maximum Gasteiger partial charge on any atom is 0.359 e. The van der Waals surface area contributed by atoms with Gasteiger partial charge in [0.15, 0.2) is 5.34 Å². The van der Waals surface area contributed by atoms with Gasteiger partial charge in [-0.15, -0.1) is 0 Å². The average molecular weight is 436 g/mol. The lowest BCUT2D eigenvalue weighted by molar-refractivity contribution is -0.0469. The minimum atomic E-state index is -4.45. The van der Waals surface area contributed by atoms with Crippen molar-refractivity contribution in [3.05, 3.63) is 32.6 Å². The number of aliphatic hydroxyl groups is 3. The van der Waals surface area contributed by atoms with Gasteiger partial charge in [0.05, 0.1) is 17.3 Å². The second kappa shape index (κ2) is 8.43. The molecule has 1 aromatic rings. The fraction of sp³-hybridized carbons (Fsp3) is 0.765. The van der Waals surface area contributed by atoms with E-state index >= 15 is 0 Å². The number of aromatic amines is 2. The summed E-state index contributed by atoms with van der Waals surface area (Å²) in [5, 5.41) is 29.1. The molecule has 12 heteroatoms. The lowest BCUT2D eigenvalue weighted by Crippen LogP contribution is -2.39. The molecule has 0 bridgehead atoms. The normalized spacial score (nSPS) is 27.7. The van der Waals surface area contributed by atoms with Crippen molar-refractivity contribution in [1.82, 2.24) is 9.97 Å². The SMILES string of the molecule is CCC(O)(CC)P(=O)(O)OC(C)(C)C[C@H]1O[C@@H](c2c[nH]c(=O)[nH]c2=O)[C@H](O)[C@@H]1O. The monoisotopic (exact) mass is 436 g/mol. The number of nitrogens with one attached hydrogen (secondary N) is 2. The minimum absolute atomic E-state index is 0.00564. The highest BCUT2D eigenvalue weighted by Gasteiger charge is 2.51. The van der Waals surface area contributed by atoms with Crippen LogP contribution in [0.15, 0.2) is 15.8 Å². The average Bonchev–Trinajstić information content (AvgIpc) is 2.87. The zero-order valence-electron chi connectivity index (χ0n) is 16.8. The van der Waals surface area contributed by atoms with Crippen LogP contribution in [-0.4, -0.2) is 59.4 Å². The molecule has 29 heavy (non-hydrogen) atoms. The molecule has 1 aliphatic heterocycles. The second-order valence-corrected chi connectivity index (χ2v) is 9.92. The van der Waals surface area contributed by atoms with Crippen LogP contribution in [0, 0.1) is 0 Å². The van der Waals surface area contributed by atoms with Gasteiger partial charge in [-0.3, -0.25) is 14.3 Å². The number of aliphatic hydroxyl groups excluding tert-OH is 2. The molecule has 1 unspecified atom stereocenters. The number of rotatable bonds is 8. The molecule has 0 aliphatic carbocycles. The third-order valence-electron chi connectivity index (χ3n) is 5.24. The summed E-state index contributed by atoms with van der Waals surface area (Å²) in [6.07, 6.45) is -4.14. The molecule has 1 aromatic heterocycles. The standard InChI is InChI=1S/C17H29N2O9P/c1-5-17(24,6-2)29(25,26)28-16(3,4)7-10-11(20)12(21)13(27-10)9-8-18-15(23)19-14(9)22/h8,10-13,20-21,24H,5-7H2,1-4H3,(H,25,26)(H2,18,19,22,23)/t10-,11-,12-,13+/m1/s1. The van der Waals surface area contributed by atoms with Gasteiger partial charge in [-0.05, 0) is 26.7 Å². The van der Waals surface area contributed by atoms with Crippen molar-refractivity contribution in [2.45, 2.75) is 82.3 Å². The van der Waals surface area contributed by atoms with E-state index in [1.807, 2.05) is 4.98 Å². The van der Waals surface area contributed by atoms with Crippen molar-refractivity contribution in [2.75, 3.05) is 0 Å². The van der Waals surface area contributed by atoms with Crippen molar-refractivity contribution >= 4 is 7.60 Å². The molecule has 5 atom stereocenters. The van der Waals surface area contributed by atoms with E-state index in [4.69, 9.17) is 9.26 Å². The van der Waals surface area contributed by atoms with E-state index < -0.39 is 54.2 Å². The summed E-state index contributed by atoms with van der Waals surface area (Å²) < 4.78 is 23.6. The Morgan fingerprint density at radius 2 is 1.79 bits per heavy atom. The summed E-state index contributed by atoms with van der Waals surface area (Å²) in [7, 11) is -4.45. The van der Waals surface area contributed by atoms with Gasteiger partial charge in [0.2, 0.25) is 0 Å². The molecule has 0 saturated carbocycles. The molecular weight excluding hydrogens is 407 g/mol. The topological polar surface area (TPSA) is 182 Å². The van der Waals surface area contributed by atoms with E-state index in [2.05, 4.69) is 4.98 Å². The van der Waals surface area contributed by atoms with Crippen molar-refractivity contribution in [3.63, 3.8) is 0 Å². The Balaban J connectivity index is 2.19. The largest absolute Gasteiger partial charge is 0.388 e. The molecule has 1 aliphatic rings. The molecule has 0 amide bonds. The maximum atomic E-state index is 12.6. The lowest BCUT2D eigenvalue weighted by Gasteiger charge is -2.37. The minimum Gasteiger partial charge on any atom is -0.388 e. The third-order valence-corrected chi connectivity index (χ3v) is 7.67. The zero-order chi connectivity index (χ0) is 22.2. The Kier molecular flexibility index (Phi) is 6.96. The quantitative estimate of drug-likeness (QED) is 0.308. The van der Waals surface area contributed by atoms with Gasteiger partial charge in [-0.1, -0.05) is 13.8 Å². The Labute approximate surface area is 167 Å². The number of ether oxygens (including phenoxy) is 1. The Morgan fingerprint density at radius 1 is 1.21 bits per heavy atom. The predicted molar refractivity (Wildman–Crippen MR) is 102 cm³/mol. The third kappa shape index (κ3) is 4.88. The van der Waals surface area contributed by atoms with Crippen LogP contribution in [0.25, 0.3) is 0 Å². The van der Waals surface area contributed by atoms with Gasteiger partial charge in [-0.2, -0.15) is 0 Å². The van der Waals surface area contributed by atoms with Crippen molar-refractivity contribution < 1.29 is 34.0 Å². The van der Waals surface area contributed by atoms with E-state index in [1.54, 1.807) is 13.8 Å². The molecule has 0 spiro atoms. The second-order valence-electron chi connectivity index (χ2n) is 7.87. The van der Waals surface area contributed by atoms with Crippen LogP contribution in [0.4, 0.5) is 0 Å². The Hall–Kier alpha value is -1.33. The molecule has 166 valence electrons. The van der Waals surface area contributed by atoms with E-state index in [1.165, 1.54) is 13.8 Å². The van der Waals surface area contributed by atoms with Crippen LogP contribution in [0.1, 0.15) is 58.6 Å². The fourth-order valence-electron chi connectivity index (χ4n) is 3.40. The molecule has 0 aromatic carbocycles. The van der Waals surface area contributed by atoms with Crippen molar-refractivity contribution in [1.29, 1.82) is 0 Å². The molecule has 1 saturated heterocycles. The number of hydrogen-bond donors (Lipinski definition) is 6. The summed E-state index contributed by atoms with van der Waals surface area (Å²) in [4.78, 5) is 37.7. The van der Waals surface area contributed by atoms with Crippen molar-refractivity contribution in [2.24, 2.45) is 0 Å². The molecule has 1 fully saturated rings. The summed E-state index contributed by atoms with van der Waals surface area (Å²) in [6.45, 7) is 6.11. The maximum absolute atomic E-state index is 12.6. The first-order chi connectivity index (χ1) is 13.3. The lowest BCUT2D eigenvalue weighted by atomic mass is 9.96. The Morgan fingerprint density at radius 3 is 2.31 bits per heavy atom. The smallest absolute Gasteiger partial charge is 0.359 e. The summed E-state index contributed by atoms with van der Waals surface area (Å²) >= 11 is 0. The van der Waals surface area contributed by atoms with Gasteiger partial charge in [0.1, 0.15) is 18.3 Å². The molecule has 0 radical (unpaired) electrons. The van der Waals surface area contributed by atoms with Crippen LogP contribution in [0.5, 0.6) is 0 Å². The van der Waals surface area contributed by atoms with Crippen LogP contribution in [-0.2, 0) is 13.8 Å². The highest BCUT2D eigenvalue weighted by molar-refractivity contribution is 7.54. The Bertz CT molecular complexity index is 876. The van der Waals surface area contributed by atoms with Gasteiger partial charge in [-0.25, -0.2) is 4.79 Å². The molecule has 11 nitrogen and oxygen atoms in total. The molecule has 2 heterocycles. The number of H-pyrrole nitrogens is 2. The molecular formula is C17H29N2O9P. The highest BCUT2D eigenvalue weighted by Crippen LogP contribution is 2.60. The summed E-state index contributed by atoms with van der Waals surface area (Å²) in [6, 6.07) is 0. The molecule has 2 rings (SSSR count). The number of aromatic nitrogens is 2. The summed E-state index contributed by atoms with van der Waals surface area (Å²) in [5.74, 6) is 0. The van der Waals surface area contributed by atoms with Crippen LogP contribution in [0.3, 0.4) is 0 Å². The summed E-state index contributed by atoms with van der Waals surface area (Å²) in [5.41, 5.74) is -2.88. The zero-order valence-corrected chi connectivity index (χ0v) is 17.7. The van der Waals surface area contributed by atoms with Gasteiger partial charge >= 0.3 is 13.3 Å². The predicted octanol–water partition coefficient (Wildman–Crippen LogP) is 0.104. The first-order valence-corrected chi connectivity index (χ1v) is 10.9. The van der Waals surface area contributed by atoms with E-state index in [0.29, 0.717) is 0 Å². The fourth-order valence-corrected chi connectivity index (χ4v) is 5.11. The highest BCUT2D eigenvalue weighted by atomic mass is 31.2. The van der Waals surface area contributed by atoms with Crippen LogP contribution in [0.2, 0.25) is 0 Å². The number of hydrogen-bond acceptors (Lipinski definition) is 8. The molecule has 6 N–H and O–H groups in total. The first-order valence-electron chi connectivity index (χ1n) is 9.36. The van der Waals surface area contributed by atoms with Crippen LogP contribution < -0.4 is 11.2 Å². The van der Waals surface area contributed by atoms with E-state index in [-0.39, 0.29) is 24.8 Å². The van der Waals surface area contributed by atoms with Gasteiger partial charge < -0.3 is 34.5 Å². The first kappa shape index (κ1) is 23.9. The van der Waals surface area contributed by atoms with Gasteiger partial charge in [0, 0.05) is 12.6 Å². The van der Waals surface area contributed by atoms with E-state index in [0.717, 1.165) is 6.20 Å². The van der Waals surface area contributed by atoms with Crippen LogP contribution >= 0.6 is 7.60 Å². The van der Waals surface area contributed by atoms with E-state index in [9.17, 15) is 34.4 Å².